The van der Waals surface area contributed by atoms with Crippen LogP contribution in [0, 0.1) is 6.92 Å². The summed E-state index contributed by atoms with van der Waals surface area (Å²) in [6, 6.07) is 7.29. The van der Waals surface area contributed by atoms with Crippen molar-refractivity contribution in [2.45, 2.75) is 19.8 Å². The predicted octanol–water partition coefficient (Wildman–Crippen LogP) is 2.54. The van der Waals surface area contributed by atoms with E-state index < -0.39 is 0 Å². The molecule has 2 rings (SSSR count). The lowest BCUT2D eigenvalue weighted by Crippen LogP contribution is -2.27. The van der Waals surface area contributed by atoms with Crippen LogP contribution in [0.15, 0.2) is 34.9 Å². The maximum atomic E-state index is 11.7. The zero-order chi connectivity index (χ0) is 13.7. The summed E-state index contributed by atoms with van der Waals surface area (Å²) in [5, 5.41) is 3.47. The second kappa shape index (κ2) is 6.38. The minimum Gasteiger partial charge on any atom is -0.446 e. The first-order valence-corrected chi connectivity index (χ1v) is 6.44. The van der Waals surface area contributed by atoms with Crippen molar-refractivity contribution < 1.29 is 9.21 Å². The van der Waals surface area contributed by atoms with Crippen LogP contribution in [0.3, 0.4) is 0 Å². The van der Waals surface area contributed by atoms with Gasteiger partial charge in [0.05, 0.1) is 12.6 Å². The van der Waals surface area contributed by atoms with E-state index in [1.54, 1.807) is 18.3 Å². The summed E-state index contributed by atoms with van der Waals surface area (Å²) in [5.41, 5.74) is 0.900. The van der Waals surface area contributed by atoms with Crippen LogP contribution in [0.5, 0.6) is 0 Å². The molecule has 4 nitrogen and oxygen atoms in total. The number of aryl methyl sites for hydroxylation is 1. The fraction of sp³-hybridized carbons (Fsp3) is 0.286. The average molecular weight is 279 g/mol. The minimum absolute atomic E-state index is 0.0365. The molecule has 0 atom stereocenters. The molecule has 100 valence electrons. The molecule has 0 aliphatic heterocycles. The SMILES string of the molecule is Cc1cnc(CCNC(=O)Cc2cccc(Cl)c2)o1. The molecule has 0 bridgehead atoms. The van der Waals surface area contributed by atoms with Crippen LogP contribution in [0.25, 0.3) is 0 Å². The molecule has 0 spiro atoms. The van der Waals surface area contributed by atoms with Crippen LogP contribution in [-0.2, 0) is 17.6 Å². The van der Waals surface area contributed by atoms with Gasteiger partial charge in [-0.25, -0.2) is 4.98 Å². The number of carbonyl (C=O) groups is 1. The first-order chi connectivity index (χ1) is 9.13. The van der Waals surface area contributed by atoms with E-state index in [0.717, 1.165) is 11.3 Å². The van der Waals surface area contributed by atoms with E-state index in [1.165, 1.54) is 0 Å². The Morgan fingerprint density at radius 2 is 2.32 bits per heavy atom. The van der Waals surface area contributed by atoms with Gasteiger partial charge in [-0.15, -0.1) is 0 Å². The summed E-state index contributed by atoms with van der Waals surface area (Å²) in [7, 11) is 0. The molecule has 19 heavy (non-hydrogen) atoms. The minimum atomic E-state index is -0.0365. The number of hydrogen-bond donors (Lipinski definition) is 1. The second-order valence-corrected chi connectivity index (χ2v) is 4.71. The van der Waals surface area contributed by atoms with Gasteiger partial charge in [0.1, 0.15) is 5.76 Å². The fourth-order valence-electron chi connectivity index (χ4n) is 1.72. The van der Waals surface area contributed by atoms with Crippen molar-refractivity contribution in [2.75, 3.05) is 6.54 Å². The first-order valence-electron chi connectivity index (χ1n) is 6.06. The van der Waals surface area contributed by atoms with Crippen LogP contribution in [0.1, 0.15) is 17.2 Å². The van der Waals surface area contributed by atoms with Crippen LogP contribution < -0.4 is 5.32 Å². The Morgan fingerprint density at radius 1 is 1.47 bits per heavy atom. The second-order valence-electron chi connectivity index (χ2n) is 4.27. The van der Waals surface area contributed by atoms with Gasteiger partial charge >= 0.3 is 0 Å². The molecule has 0 aliphatic rings. The molecule has 1 heterocycles. The third-order valence-corrected chi connectivity index (χ3v) is 2.82. The number of carbonyl (C=O) groups excluding carboxylic acids is 1. The highest BCUT2D eigenvalue weighted by molar-refractivity contribution is 6.30. The molecule has 0 aliphatic carbocycles. The normalized spacial score (nSPS) is 10.4. The van der Waals surface area contributed by atoms with Gasteiger partial charge in [0.2, 0.25) is 5.91 Å². The van der Waals surface area contributed by atoms with E-state index in [-0.39, 0.29) is 5.91 Å². The maximum absolute atomic E-state index is 11.7. The van der Waals surface area contributed by atoms with Gasteiger partial charge in [-0.1, -0.05) is 23.7 Å². The molecule has 0 fully saturated rings. The number of hydrogen-bond acceptors (Lipinski definition) is 3. The predicted molar refractivity (Wildman–Crippen MR) is 73.1 cm³/mol. The monoisotopic (exact) mass is 278 g/mol. The molecular weight excluding hydrogens is 264 g/mol. The Morgan fingerprint density at radius 3 is 3.00 bits per heavy atom. The Balaban J connectivity index is 1.76. The van der Waals surface area contributed by atoms with Gasteiger partial charge in [0, 0.05) is 18.0 Å². The van der Waals surface area contributed by atoms with Crippen molar-refractivity contribution in [1.82, 2.24) is 10.3 Å². The topological polar surface area (TPSA) is 55.1 Å². The van der Waals surface area contributed by atoms with Crippen molar-refractivity contribution in [2.24, 2.45) is 0 Å². The van der Waals surface area contributed by atoms with Crippen molar-refractivity contribution >= 4 is 17.5 Å². The molecule has 1 aromatic carbocycles. The van der Waals surface area contributed by atoms with E-state index in [2.05, 4.69) is 10.3 Å². The average Bonchev–Trinajstić information content (AvgIpc) is 2.75. The van der Waals surface area contributed by atoms with E-state index in [4.69, 9.17) is 16.0 Å². The van der Waals surface area contributed by atoms with E-state index in [0.29, 0.717) is 30.3 Å². The highest BCUT2D eigenvalue weighted by Crippen LogP contribution is 2.11. The molecule has 1 N–H and O–H groups in total. The lowest BCUT2D eigenvalue weighted by atomic mass is 10.1. The van der Waals surface area contributed by atoms with E-state index >= 15 is 0 Å². The van der Waals surface area contributed by atoms with Gasteiger partial charge in [-0.2, -0.15) is 0 Å². The highest BCUT2D eigenvalue weighted by Gasteiger charge is 2.05. The molecule has 0 saturated heterocycles. The third-order valence-electron chi connectivity index (χ3n) is 2.58. The summed E-state index contributed by atoms with van der Waals surface area (Å²) >= 11 is 5.86. The first kappa shape index (κ1) is 13.6. The van der Waals surface area contributed by atoms with Gasteiger partial charge in [-0.3, -0.25) is 4.79 Å². The standard InChI is InChI=1S/C14H15ClN2O2/c1-10-9-17-14(19-10)5-6-16-13(18)8-11-3-2-4-12(15)7-11/h2-4,7,9H,5-6,8H2,1H3,(H,16,18). The third kappa shape index (κ3) is 4.41. The molecule has 1 aromatic heterocycles. The van der Waals surface area contributed by atoms with Crippen LogP contribution in [-0.4, -0.2) is 17.4 Å². The summed E-state index contributed by atoms with van der Waals surface area (Å²) in [5.74, 6) is 1.38. The van der Waals surface area contributed by atoms with Gasteiger partial charge in [-0.05, 0) is 24.6 Å². The van der Waals surface area contributed by atoms with Crippen LogP contribution in [0.2, 0.25) is 5.02 Å². The smallest absolute Gasteiger partial charge is 0.224 e. The van der Waals surface area contributed by atoms with Gasteiger partial charge in [0.25, 0.3) is 0 Å². The number of benzene rings is 1. The lowest BCUT2D eigenvalue weighted by Gasteiger charge is -2.04. The molecule has 0 radical (unpaired) electrons. The fourth-order valence-corrected chi connectivity index (χ4v) is 1.93. The molecular formula is C14H15ClN2O2. The molecule has 5 heteroatoms. The van der Waals surface area contributed by atoms with E-state index in [9.17, 15) is 4.79 Å². The Labute approximate surface area is 116 Å². The zero-order valence-electron chi connectivity index (χ0n) is 10.6. The van der Waals surface area contributed by atoms with Crippen LogP contribution in [0.4, 0.5) is 0 Å². The van der Waals surface area contributed by atoms with Crippen molar-refractivity contribution in [3.05, 3.63) is 52.7 Å². The van der Waals surface area contributed by atoms with Gasteiger partial charge < -0.3 is 9.73 Å². The number of halogens is 1. The zero-order valence-corrected chi connectivity index (χ0v) is 11.4. The maximum Gasteiger partial charge on any atom is 0.224 e. The van der Waals surface area contributed by atoms with Crippen molar-refractivity contribution in [3.63, 3.8) is 0 Å². The van der Waals surface area contributed by atoms with Crippen molar-refractivity contribution in [3.8, 4) is 0 Å². The summed E-state index contributed by atoms with van der Waals surface area (Å²) in [4.78, 5) is 15.8. The molecule has 2 aromatic rings. The molecule has 1 amide bonds. The number of amides is 1. The summed E-state index contributed by atoms with van der Waals surface area (Å²) < 4.78 is 5.32. The lowest BCUT2D eigenvalue weighted by molar-refractivity contribution is -0.120. The number of nitrogens with zero attached hydrogens (tertiary/aromatic N) is 1. The molecule has 0 unspecified atom stereocenters. The number of rotatable bonds is 5. The largest absolute Gasteiger partial charge is 0.446 e. The Bertz CT molecular complexity index is 566. The Kier molecular flexibility index (Phi) is 4.58. The number of oxazole rings is 1. The van der Waals surface area contributed by atoms with Crippen molar-refractivity contribution in [1.29, 1.82) is 0 Å². The quantitative estimate of drug-likeness (QED) is 0.914. The van der Waals surface area contributed by atoms with Crippen LogP contribution >= 0.6 is 11.6 Å². The van der Waals surface area contributed by atoms with E-state index in [1.807, 2.05) is 19.1 Å². The van der Waals surface area contributed by atoms with Gasteiger partial charge in [0.15, 0.2) is 5.89 Å². The number of nitrogens with one attached hydrogen (secondary N) is 1. The number of aromatic nitrogens is 1. The molecule has 0 saturated carbocycles. The highest BCUT2D eigenvalue weighted by atomic mass is 35.5. The summed E-state index contributed by atoms with van der Waals surface area (Å²) in [6.07, 6.45) is 2.59. The Hall–Kier alpha value is -1.81. The summed E-state index contributed by atoms with van der Waals surface area (Å²) in [6.45, 7) is 2.35.